The highest BCUT2D eigenvalue weighted by atomic mass is 16.5. The van der Waals surface area contributed by atoms with Gasteiger partial charge in [0.1, 0.15) is 11.5 Å². The summed E-state index contributed by atoms with van der Waals surface area (Å²) in [4.78, 5) is 27.5. The first kappa shape index (κ1) is 26.9. The molecule has 0 spiro atoms. The van der Waals surface area contributed by atoms with Gasteiger partial charge < -0.3 is 19.7 Å². The van der Waals surface area contributed by atoms with Gasteiger partial charge in [0, 0.05) is 36.8 Å². The molecule has 40 heavy (non-hydrogen) atoms. The molecule has 10 nitrogen and oxygen atoms in total. The largest absolute Gasteiger partial charge is 0.497 e. The Balaban J connectivity index is 1.16. The molecular weight excluding hydrogens is 508 g/mol. The summed E-state index contributed by atoms with van der Waals surface area (Å²) < 4.78 is 11.8. The van der Waals surface area contributed by atoms with Gasteiger partial charge in [-0.3, -0.25) is 9.59 Å². The zero-order valence-corrected chi connectivity index (χ0v) is 22.6. The average molecular weight is 541 g/mol. The summed E-state index contributed by atoms with van der Waals surface area (Å²) in [7, 11) is 3.25. The van der Waals surface area contributed by atoms with E-state index >= 15 is 0 Å². The summed E-state index contributed by atoms with van der Waals surface area (Å²) >= 11 is 0. The van der Waals surface area contributed by atoms with Gasteiger partial charge in [0.05, 0.1) is 38.1 Å². The second kappa shape index (κ2) is 12.4. The number of carbonyl (C=O) groups is 1. The van der Waals surface area contributed by atoms with Gasteiger partial charge in [-0.25, -0.2) is 4.68 Å². The number of rotatable bonds is 9. The summed E-state index contributed by atoms with van der Waals surface area (Å²) in [6.45, 7) is 1.97. The highest BCUT2D eigenvalue weighted by Crippen LogP contribution is 2.25. The molecule has 2 aromatic carbocycles. The van der Waals surface area contributed by atoms with E-state index in [4.69, 9.17) is 9.47 Å². The Bertz CT molecular complexity index is 1490. The van der Waals surface area contributed by atoms with E-state index in [0.29, 0.717) is 18.8 Å². The maximum absolute atomic E-state index is 13.0. The van der Waals surface area contributed by atoms with E-state index in [1.165, 1.54) is 10.7 Å². The average Bonchev–Trinajstić information content (AvgIpc) is 3.02. The molecule has 0 bridgehead atoms. The lowest BCUT2D eigenvalue weighted by atomic mass is 9.97. The fourth-order valence-electron chi connectivity index (χ4n) is 4.76. The first-order valence-electron chi connectivity index (χ1n) is 13.3. The maximum Gasteiger partial charge on any atom is 0.266 e. The predicted molar refractivity (Wildman–Crippen MR) is 152 cm³/mol. The third-order valence-electron chi connectivity index (χ3n) is 7.03. The number of hydrogen-bond acceptors (Lipinski definition) is 8. The lowest BCUT2D eigenvalue weighted by Gasteiger charge is -2.32. The molecule has 0 saturated carbocycles. The number of piperidine rings is 1. The number of ether oxygens (including phenoxy) is 2. The van der Waals surface area contributed by atoms with E-state index in [0.717, 1.165) is 53.5 Å². The molecule has 4 aromatic rings. The smallest absolute Gasteiger partial charge is 0.266 e. The van der Waals surface area contributed by atoms with E-state index in [1.807, 2.05) is 60.7 Å². The van der Waals surface area contributed by atoms with Gasteiger partial charge in [0.15, 0.2) is 5.82 Å². The van der Waals surface area contributed by atoms with Crippen LogP contribution in [0.3, 0.4) is 0 Å². The number of nitrogens with zero attached hydrogens (tertiary/aromatic N) is 5. The van der Waals surface area contributed by atoms with E-state index in [1.54, 1.807) is 20.3 Å². The second-order valence-corrected chi connectivity index (χ2v) is 9.59. The topological polar surface area (TPSA) is 111 Å². The van der Waals surface area contributed by atoms with Crippen LogP contribution < -0.4 is 25.2 Å². The Morgan fingerprint density at radius 3 is 2.15 bits per heavy atom. The third-order valence-corrected chi connectivity index (χ3v) is 7.03. The summed E-state index contributed by atoms with van der Waals surface area (Å²) in [6, 6.07) is 22.2. The fraction of sp³-hybridized carbons (Fsp3) is 0.300. The predicted octanol–water partition coefficient (Wildman–Crippen LogP) is 3.42. The Hall–Kier alpha value is -4.73. The van der Waals surface area contributed by atoms with Crippen molar-refractivity contribution in [2.45, 2.75) is 19.4 Å². The number of aromatic nitrogens is 4. The first-order valence-corrected chi connectivity index (χ1v) is 13.3. The normalized spacial score (nSPS) is 14.9. The second-order valence-electron chi connectivity index (χ2n) is 9.59. The molecular formula is C30H32N6O4. The van der Waals surface area contributed by atoms with E-state index in [9.17, 15) is 9.59 Å². The Labute approximate surface area is 232 Å². The van der Waals surface area contributed by atoms with Crippen LogP contribution in [0.15, 0.2) is 77.6 Å². The van der Waals surface area contributed by atoms with Gasteiger partial charge >= 0.3 is 0 Å². The van der Waals surface area contributed by atoms with Gasteiger partial charge in [0.25, 0.3) is 5.56 Å². The molecule has 2 aromatic heterocycles. The zero-order chi connectivity index (χ0) is 27.9. The molecule has 1 saturated heterocycles. The third kappa shape index (κ3) is 6.28. The van der Waals surface area contributed by atoms with Gasteiger partial charge in [-0.05, 0) is 79.6 Å². The van der Waals surface area contributed by atoms with Crippen molar-refractivity contribution in [3.05, 3.63) is 83.2 Å². The molecule has 1 aliphatic rings. The maximum atomic E-state index is 13.0. The number of hydrogen-bond donors (Lipinski definition) is 1. The van der Waals surface area contributed by atoms with Crippen LogP contribution in [-0.4, -0.2) is 59.7 Å². The molecule has 1 unspecified atom stereocenters. The fourth-order valence-corrected chi connectivity index (χ4v) is 4.76. The summed E-state index contributed by atoms with van der Waals surface area (Å²) in [5.74, 6) is 2.08. The molecule has 1 N–H and O–H groups in total. The molecule has 0 radical (unpaired) electrons. The number of carbonyl (C=O) groups excluding carboxylic acids is 1. The Morgan fingerprint density at radius 2 is 1.52 bits per heavy atom. The van der Waals surface area contributed by atoms with Crippen LogP contribution >= 0.6 is 0 Å². The van der Waals surface area contributed by atoms with Gasteiger partial charge in [-0.1, -0.05) is 0 Å². The lowest BCUT2D eigenvalue weighted by molar-refractivity contribution is -0.125. The number of anilines is 1. The molecule has 1 fully saturated rings. The lowest BCUT2D eigenvalue weighted by Crippen LogP contribution is -2.44. The monoisotopic (exact) mass is 540 g/mol. The summed E-state index contributed by atoms with van der Waals surface area (Å²) in [5, 5.41) is 16.3. The quantitative estimate of drug-likeness (QED) is 0.344. The SMILES string of the molecule is COc1ccc(-c2ccc(N3CCCC(C(=O)NCCn4nc(-c5ccc(OC)cc5)ccc4=O)C3)nn2)cc1. The standard InChI is InChI=1S/C30H32N6O4/c1-39-24-9-5-21(6-10-24)26-13-15-28(33-32-26)35-18-3-4-23(20-35)30(38)31-17-19-36-29(37)16-14-27(34-36)22-7-11-25(40-2)12-8-22/h5-16,23H,3-4,17-20H2,1-2H3,(H,31,38). The van der Waals surface area contributed by atoms with Crippen molar-refractivity contribution < 1.29 is 14.3 Å². The minimum Gasteiger partial charge on any atom is -0.497 e. The highest BCUT2D eigenvalue weighted by Gasteiger charge is 2.26. The molecule has 1 amide bonds. The van der Waals surface area contributed by atoms with Crippen LogP contribution in [0, 0.1) is 5.92 Å². The summed E-state index contributed by atoms with van der Waals surface area (Å²) in [6.07, 6.45) is 1.68. The first-order chi connectivity index (χ1) is 19.5. The van der Waals surface area contributed by atoms with Crippen LogP contribution in [0.5, 0.6) is 11.5 Å². The van der Waals surface area contributed by atoms with Gasteiger partial charge in [-0.2, -0.15) is 5.10 Å². The molecule has 206 valence electrons. The minimum absolute atomic E-state index is 0.0353. The number of nitrogens with one attached hydrogen (secondary N) is 1. The van der Waals surface area contributed by atoms with Crippen molar-refractivity contribution in [1.82, 2.24) is 25.3 Å². The number of methoxy groups -OCH3 is 2. The van der Waals surface area contributed by atoms with Crippen LogP contribution in [-0.2, 0) is 11.3 Å². The molecule has 10 heteroatoms. The molecule has 5 rings (SSSR count). The molecule has 0 aliphatic carbocycles. The van der Waals surface area contributed by atoms with Crippen LogP contribution in [0.2, 0.25) is 0 Å². The Morgan fingerprint density at radius 1 is 0.875 bits per heavy atom. The van der Waals surface area contributed by atoms with Crippen LogP contribution in [0.4, 0.5) is 5.82 Å². The Kier molecular flexibility index (Phi) is 8.34. The number of benzene rings is 2. The molecule has 1 atom stereocenters. The van der Waals surface area contributed by atoms with Crippen LogP contribution in [0.25, 0.3) is 22.5 Å². The minimum atomic E-state index is -0.216. The van der Waals surface area contributed by atoms with Crippen molar-refractivity contribution in [3.8, 4) is 34.0 Å². The summed E-state index contributed by atoms with van der Waals surface area (Å²) in [5.41, 5.74) is 3.07. The number of amides is 1. The van der Waals surface area contributed by atoms with Crippen molar-refractivity contribution in [2.24, 2.45) is 5.92 Å². The molecule has 3 heterocycles. The van der Waals surface area contributed by atoms with Crippen molar-refractivity contribution in [3.63, 3.8) is 0 Å². The zero-order valence-electron chi connectivity index (χ0n) is 22.6. The molecule has 1 aliphatic heterocycles. The highest BCUT2D eigenvalue weighted by molar-refractivity contribution is 5.79. The van der Waals surface area contributed by atoms with Crippen molar-refractivity contribution in [1.29, 1.82) is 0 Å². The van der Waals surface area contributed by atoms with Crippen LogP contribution in [0.1, 0.15) is 12.8 Å². The van der Waals surface area contributed by atoms with Gasteiger partial charge in [-0.15, -0.1) is 10.2 Å². The van der Waals surface area contributed by atoms with E-state index < -0.39 is 0 Å². The van der Waals surface area contributed by atoms with Gasteiger partial charge in [0.2, 0.25) is 5.91 Å². The van der Waals surface area contributed by atoms with Crippen molar-refractivity contribution >= 4 is 11.7 Å². The van der Waals surface area contributed by atoms with E-state index in [-0.39, 0.29) is 23.9 Å². The van der Waals surface area contributed by atoms with Crippen molar-refractivity contribution in [2.75, 3.05) is 38.8 Å². The van der Waals surface area contributed by atoms with E-state index in [2.05, 4.69) is 25.5 Å².